The van der Waals surface area contributed by atoms with Gasteiger partial charge in [0, 0.05) is 22.8 Å². The average molecular weight is 302 g/mol. The van der Waals surface area contributed by atoms with Crippen molar-refractivity contribution in [2.45, 2.75) is 25.0 Å². The van der Waals surface area contributed by atoms with Crippen LogP contribution in [-0.4, -0.2) is 44.7 Å². The molecule has 0 unspecified atom stereocenters. The number of allylic oxidation sites excluding steroid dienone is 1. The molecule has 108 valence electrons. The Morgan fingerprint density at radius 1 is 1.26 bits per heavy atom. The van der Waals surface area contributed by atoms with E-state index in [0.717, 1.165) is 11.4 Å². The summed E-state index contributed by atoms with van der Waals surface area (Å²) in [5.74, 6) is 1.38. The van der Waals surface area contributed by atoms with Gasteiger partial charge >= 0.3 is 0 Å². The topological polar surface area (TPSA) is 58.3 Å². The first-order valence-corrected chi connectivity index (χ1v) is 8.35. The van der Waals surface area contributed by atoms with Gasteiger partial charge in [-0.1, -0.05) is 6.08 Å². The van der Waals surface area contributed by atoms with E-state index in [9.17, 15) is 0 Å². The number of hydrogen-bond donors (Lipinski definition) is 2. The molecule has 0 spiro atoms. The maximum Gasteiger partial charge on any atom is 0.0788 e. The molecule has 0 amide bonds. The molecule has 0 saturated heterocycles. The fourth-order valence-corrected chi connectivity index (χ4v) is 4.50. The molecule has 1 rings (SSSR count). The van der Waals surface area contributed by atoms with Crippen molar-refractivity contribution in [1.82, 2.24) is 9.78 Å². The highest BCUT2D eigenvalue weighted by molar-refractivity contribution is 8.16. The molecule has 6 heteroatoms. The van der Waals surface area contributed by atoms with E-state index in [1.165, 1.54) is 5.56 Å². The van der Waals surface area contributed by atoms with Crippen LogP contribution in [0.25, 0.3) is 0 Å². The van der Waals surface area contributed by atoms with E-state index in [4.69, 9.17) is 10.2 Å². The van der Waals surface area contributed by atoms with Gasteiger partial charge in [-0.15, -0.1) is 30.1 Å². The van der Waals surface area contributed by atoms with Gasteiger partial charge in [0.25, 0.3) is 0 Å². The Labute approximate surface area is 123 Å². The van der Waals surface area contributed by atoms with E-state index in [1.54, 1.807) is 23.5 Å². The zero-order chi connectivity index (χ0) is 14.3. The maximum absolute atomic E-state index is 9.00. The lowest BCUT2D eigenvalue weighted by molar-refractivity contribution is 0.322. The van der Waals surface area contributed by atoms with E-state index in [2.05, 4.69) is 18.6 Å². The summed E-state index contributed by atoms with van der Waals surface area (Å²) >= 11 is 3.39. The van der Waals surface area contributed by atoms with Crippen molar-refractivity contribution in [2.75, 3.05) is 24.7 Å². The highest BCUT2D eigenvalue weighted by atomic mass is 32.2. The van der Waals surface area contributed by atoms with Crippen molar-refractivity contribution < 1.29 is 10.2 Å². The van der Waals surface area contributed by atoms with Crippen LogP contribution in [0.3, 0.4) is 0 Å². The van der Waals surface area contributed by atoms with Crippen molar-refractivity contribution in [3.8, 4) is 0 Å². The molecule has 19 heavy (non-hydrogen) atoms. The Bertz CT molecular complexity index is 400. The molecule has 0 aliphatic carbocycles. The fourth-order valence-electron chi connectivity index (χ4n) is 1.89. The van der Waals surface area contributed by atoms with Crippen molar-refractivity contribution >= 4 is 23.5 Å². The highest BCUT2D eigenvalue weighted by Crippen LogP contribution is 2.41. The molecule has 0 fully saturated rings. The lowest BCUT2D eigenvalue weighted by Gasteiger charge is -2.16. The summed E-state index contributed by atoms with van der Waals surface area (Å²) in [4.78, 5) is 0. The van der Waals surface area contributed by atoms with Crippen LogP contribution < -0.4 is 0 Å². The molecule has 0 atom stereocenters. The van der Waals surface area contributed by atoms with Crippen LogP contribution in [0.15, 0.2) is 12.7 Å². The van der Waals surface area contributed by atoms with Gasteiger partial charge in [-0.2, -0.15) is 5.10 Å². The van der Waals surface area contributed by atoms with Crippen molar-refractivity contribution in [2.24, 2.45) is 0 Å². The first-order valence-electron chi connectivity index (χ1n) is 6.25. The van der Waals surface area contributed by atoms with Gasteiger partial charge in [0.05, 0.1) is 30.0 Å². The summed E-state index contributed by atoms with van der Waals surface area (Å²) in [6.07, 6.45) is 1.83. The first kappa shape index (κ1) is 16.6. The van der Waals surface area contributed by atoms with E-state index >= 15 is 0 Å². The number of aryl methyl sites for hydroxylation is 1. The zero-order valence-corrected chi connectivity index (χ0v) is 13.1. The van der Waals surface area contributed by atoms with Gasteiger partial charge in [0.2, 0.25) is 0 Å². The summed E-state index contributed by atoms with van der Waals surface area (Å²) < 4.78 is 2.15. The molecule has 1 heterocycles. The minimum absolute atomic E-state index is 0.166. The molecule has 0 aliphatic heterocycles. The van der Waals surface area contributed by atoms with Crippen LogP contribution in [0.4, 0.5) is 0 Å². The predicted molar refractivity (Wildman–Crippen MR) is 83.7 cm³/mol. The van der Waals surface area contributed by atoms with Gasteiger partial charge in [0.15, 0.2) is 0 Å². The second-order valence-corrected chi connectivity index (χ2v) is 6.80. The number of hydrogen-bond acceptors (Lipinski definition) is 5. The Morgan fingerprint density at radius 3 is 2.32 bits per heavy atom. The number of thioether (sulfide) groups is 2. The molecule has 0 bridgehead atoms. The van der Waals surface area contributed by atoms with E-state index in [1.807, 2.05) is 17.7 Å². The quantitative estimate of drug-likeness (QED) is 0.540. The van der Waals surface area contributed by atoms with Gasteiger partial charge in [-0.3, -0.25) is 4.68 Å². The van der Waals surface area contributed by atoms with Gasteiger partial charge in [0.1, 0.15) is 0 Å². The van der Waals surface area contributed by atoms with Crippen LogP contribution in [0.1, 0.15) is 21.5 Å². The van der Waals surface area contributed by atoms with Gasteiger partial charge in [-0.25, -0.2) is 0 Å². The van der Waals surface area contributed by atoms with Crippen LogP contribution in [0, 0.1) is 13.8 Å². The number of nitrogens with zero attached hydrogens (tertiary/aromatic N) is 2. The molecule has 1 aromatic heterocycles. The van der Waals surface area contributed by atoms with Crippen molar-refractivity contribution in [3.05, 3.63) is 29.6 Å². The molecular formula is C13H22N2O2S2. The number of rotatable bonds is 9. The van der Waals surface area contributed by atoms with Crippen LogP contribution in [0.5, 0.6) is 0 Å². The first-order chi connectivity index (χ1) is 9.15. The molecule has 0 aliphatic rings. The zero-order valence-electron chi connectivity index (χ0n) is 11.5. The van der Waals surface area contributed by atoms with Gasteiger partial charge < -0.3 is 10.2 Å². The fraction of sp³-hybridized carbons (Fsp3) is 0.615. The normalized spacial score (nSPS) is 11.2. The predicted octanol–water partition coefficient (Wildman–Crippen LogP) is 2.14. The van der Waals surface area contributed by atoms with E-state index < -0.39 is 0 Å². The third-order valence-electron chi connectivity index (χ3n) is 2.70. The summed E-state index contributed by atoms with van der Waals surface area (Å²) in [5, 5.41) is 22.5. The lowest BCUT2D eigenvalue weighted by atomic mass is 10.2. The Hall–Kier alpha value is -0.430. The van der Waals surface area contributed by atoms with Gasteiger partial charge in [-0.05, 0) is 13.8 Å². The molecular weight excluding hydrogens is 280 g/mol. The Kier molecular flexibility index (Phi) is 7.60. The summed E-state index contributed by atoms with van der Waals surface area (Å²) in [5.41, 5.74) is 3.36. The Balaban J connectivity index is 2.95. The van der Waals surface area contributed by atoms with Crippen molar-refractivity contribution in [1.29, 1.82) is 0 Å². The minimum Gasteiger partial charge on any atom is -0.396 e. The smallest absolute Gasteiger partial charge is 0.0788 e. The molecule has 0 radical (unpaired) electrons. The largest absolute Gasteiger partial charge is 0.396 e. The van der Waals surface area contributed by atoms with Crippen molar-refractivity contribution in [3.63, 3.8) is 0 Å². The number of aliphatic hydroxyl groups excluding tert-OH is 2. The standard InChI is InChI=1S/C13H22N2O2S2/c1-4-5-15-11(3)12(10(2)14-15)13(18-8-6-16)19-9-7-17/h4,13,16-17H,1,5-9H2,2-3H3. The maximum atomic E-state index is 9.00. The summed E-state index contributed by atoms with van der Waals surface area (Å²) in [6, 6.07) is 0. The lowest BCUT2D eigenvalue weighted by Crippen LogP contribution is -2.02. The monoisotopic (exact) mass is 302 g/mol. The average Bonchev–Trinajstić information content (AvgIpc) is 2.66. The SMILES string of the molecule is C=CCn1nc(C)c(C(SCCO)SCCO)c1C. The molecule has 2 N–H and O–H groups in total. The molecule has 0 aromatic carbocycles. The summed E-state index contributed by atoms with van der Waals surface area (Å²) in [6.45, 7) is 8.85. The third kappa shape index (κ3) is 4.56. The minimum atomic E-state index is 0.166. The molecule has 4 nitrogen and oxygen atoms in total. The number of aliphatic hydroxyl groups is 2. The van der Waals surface area contributed by atoms with Crippen LogP contribution >= 0.6 is 23.5 Å². The van der Waals surface area contributed by atoms with E-state index in [-0.39, 0.29) is 17.8 Å². The molecule has 0 saturated carbocycles. The van der Waals surface area contributed by atoms with E-state index in [0.29, 0.717) is 18.1 Å². The second kappa shape index (κ2) is 8.68. The molecule has 1 aromatic rings. The third-order valence-corrected chi connectivity index (χ3v) is 5.43. The summed E-state index contributed by atoms with van der Waals surface area (Å²) in [7, 11) is 0. The second-order valence-electron chi connectivity index (χ2n) is 4.08. The highest BCUT2D eigenvalue weighted by Gasteiger charge is 2.21. The number of aromatic nitrogens is 2. The van der Waals surface area contributed by atoms with Crippen LogP contribution in [-0.2, 0) is 6.54 Å². The van der Waals surface area contributed by atoms with Crippen LogP contribution in [0.2, 0.25) is 0 Å². The Morgan fingerprint density at radius 2 is 1.84 bits per heavy atom.